The summed E-state index contributed by atoms with van der Waals surface area (Å²) in [5.74, 6) is 0.738. The van der Waals surface area contributed by atoms with Crippen molar-refractivity contribution in [2.75, 3.05) is 5.75 Å². The number of carbonyl (C=O) groups is 1. The first-order chi connectivity index (χ1) is 13.6. The molecule has 2 aliphatic rings. The van der Waals surface area contributed by atoms with Gasteiger partial charge in [0.1, 0.15) is 6.29 Å². The number of allylic oxidation sites excluding steroid dienone is 7. The summed E-state index contributed by atoms with van der Waals surface area (Å²) in [6.45, 7) is 12.9. The van der Waals surface area contributed by atoms with Crippen molar-refractivity contribution in [3.05, 3.63) is 81.3 Å². The van der Waals surface area contributed by atoms with E-state index in [2.05, 4.69) is 71.0 Å². The number of aldehydes is 1. The molecule has 0 spiro atoms. The summed E-state index contributed by atoms with van der Waals surface area (Å²) in [7, 11) is -0.990. The van der Waals surface area contributed by atoms with Gasteiger partial charge in [0.2, 0.25) is 0 Å². The molecule has 0 saturated carbocycles. The van der Waals surface area contributed by atoms with Crippen LogP contribution in [0.1, 0.15) is 53.1 Å². The van der Waals surface area contributed by atoms with Crippen molar-refractivity contribution in [2.24, 2.45) is 11.3 Å². The zero-order valence-electron chi connectivity index (χ0n) is 18.6. The molecule has 0 aromatic heterocycles. The van der Waals surface area contributed by atoms with Gasteiger partial charge in [-0.2, -0.15) is 0 Å². The van der Waals surface area contributed by atoms with E-state index in [0.717, 1.165) is 23.2 Å². The van der Waals surface area contributed by atoms with Gasteiger partial charge in [0.15, 0.2) is 0 Å². The fourth-order valence-electron chi connectivity index (χ4n) is 3.36. The lowest BCUT2D eigenvalue weighted by Gasteiger charge is -2.21. The van der Waals surface area contributed by atoms with E-state index in [1.54, 1.807) is 0 Å². The van der Waals surface area contributed by atoms with Crippen LogP contribution < -0.4 is 0 Å². The van der Waals surface area contributed by atoms with Crippen molar-refractivity contribution < 1.29 is 10.4 Å². The van der Waals surface area contributed by atoms with Crippen LogP contribution >= 0.6 is 0 Å². The molecular weight excluding hydrogens is 376 g/mol. The molecule has 2 nitrogen and oxygen atoms in total. The highest BCUT2D eigenvalue weighted by atomic mass is 32.2. The van der Waals surface area contributed by atoms with Crippen LogP contribution in [-0.2, 0) is 15.6 Å². The fourth-order valence-corrected chi connectivity index (χ4v) is 4.83. The standard InChI is InChI=1S/C18H24O2S.C8H10.H2/c1-13-15(9-10-19)6-8-17(13)21(20)12-14-5-7-16(11-14)18(2,3)4;1-7-3-5-8(2)6-4-7;/h5-8,10,13H,9,11-12H2,1-4H3;3-6H,1-2H3;1H. The molecule has 1 aromatic rings. The van der Waals surface area contributed by atoms with Crippen LogP contribution in [0.5, 0.6) is 0 Å². The first kappa shape index (κ1) is 23.3. The van der Waals surface area contributed by atoms with Crippen molar-refractivity contribution in [3.63, 3.8) is 0 Å². The number of rotatable bonds is 5. The maximum atomic E-state index is 12.6. The van der Waals surface area contributed by atoms with E-state index in [-0.39, 0.29) is 12.8 Å². The smallest absolute Gasteiger partial charge is 0.124 e. The van der Waals surface area contributed by atoms with Crippen LogP contribution in [0.4, 0.5) is 0 Å². The molecule has 2 atom stereocenters. The summed E-state index contributed by atoms with van der Waals surface area (Å²) in [5, 5.41) is 0. The van der Waals surface area contributed by atoms with Crippen molar-refractivity contribution in [1.82, 2.24) is 0 Å². The molecule has 0 amide bonds. The van der Waals surface area contributed by atoms with Gasteiger partial charge in [-0.25, -0.2) is 0 Å². The lowest BCUT2D eigenvalue weighted by molar-refractivity contribution is -0.107. The van der Waals surface area contributed by atoms with Gasteiger partial charge in [0.05, 0.1) is 10.8 Å². The van der Waals surface area contributed by atoms with Gasteiger partial charge in [0, 0.05) is 24.4 Å². The van der Waals surface area contributed by atoms with Crippen LogP contribution in [0.25, 0.3) is 0 Å². The van der Waals surface area contributed by atoms with Crippen molar-refractivity contribution in [1.29, 1.82) is 0 Å². The van der Waals surface area contributed by atoms with E-state index in [1.807, 2.05) is 19.1 Å². The lowest BCUT2D eigenvalue weighted by atomic mass is 9.85. The third-order valence-electron chi connectivity index (χ3n) is 5.46. The summed E-state index contributed by atoms with van der Waals surface area (Å²) in [4.78, 5) is 11.6. The molecule has 2 unspecified atom stereocenters. The number of carbonyl (C=O) groups excluding carboxylic acids is 1. The average Bonchev–Trinajstić information content (AvgIpc) is 3.26. The van der Waals surface area contributed by atoms with Crippen molar-refractivity contribution >= 4 is 17.1 Å². The Kier molecular flexibility index (Phi) is 8.15. The number of aryl methyl sites for hydroxylation is 2. The van der Waals surface area contributed by atoms with E-state index in [1.165, 1.54) is 22.3 Å². The lowest BCUT2D eigenvalue weighted by Crippen LogP contribution is -2.11. The fraction of sp³-hybridized carbons (Fsp3) is 0.423. The molecule has 0 aliphatic heterocycles. The van der Waals surface area contributed by atoms with E-state index >= 15 is 0 Å². The molecule has 0 saturated heterocycles. The minimum absolute atomic E-state index is 0. The highest BCUT2D eigenvalue weighted by molar-refractivity contribution is 7.89. The minimum Gasteiger partial charge on any atom is -0.303 e. The van der Waals surface area contributed by atoms with Gasteiger partial charge < -0.3 is 4.79 Å². The molecule has 2 aliphatic carbocycles. The monoisotopic (exact) mass is 412 g/mol. The molecule has 0 heterocycles. The maximum absolute atomic E-state index is 12.6. The van der Waals surface area contributed by atoms with Gasteiger partial charge in [-0.1, -0.05) is 98.0 Å². The average molecular weight is 413 g/mol. The molecule has 158 valence electrons. The first-order valence-corrected chi connectivity index (χ1v) is 11.6. The maximum Gasteiger partial charge on any atom is 0.124 e. The second-order valence-electron chi connectivity index (χ2n) is 8.99. The second kappa shape index (κ2) is 10.2. The van der Waals surface area contributed by atoms with Crippen LogP contribution in [0.2, 0.25) is 0 Å². The Morgan fingerprint density at radius 1 is 1.03 bits per heavy atom. The molecule has 0 radical (unpaired) electrons. The summed E-state index contributed by atoms with van der Waals surface area (Å²) in [6.07, 6.45) is 10.5. The summed E-state index contributed by atoms with van der Waals surface area (Å²) >= 11 is 0. The molecule has 0 bridgehead atoms. The second-order valence-corrected chi connectivity index (χ2v) is 10.4. The minimum atomic E-state index is -0.990. The molecule has 1 aromatic carbocycles. The Labute approximate surface area is 180 Å². The molecule has 0 fully saturated rings. The summed E-state index contributed by atoms with van der Waals surface area (Å²) in [6, 6.07) is 8.48. The summed E-state index contributed by atoms with van der Waals surface area (Å²) < 4.78 is 12.6. The Morgan fingerprint density at radius 2 is 1.62 bits per heavy atom. The Bertz CT molecular complexity index is 860. The highest BCUT2D eigenvalue weighted by Gasteiger charge is 2.25. The molecule has 3 rings (SSSR count). The normalized spacial score (nSPS) is 19.4. The Balaban J connectivity index is 0.000000421. The number of hydrogen-bond acceptors (Lipinski definition) is 2. The zero-order valence-corrected chi connectivity index (χ0v) is 19.4. The predicted molar refractivity (Wildman–Crippen MR) is 127 cm³/mol. The van der Waals surface area contributed by atoms with Crippen molar-refractivity contribution in [3.8, 4) is 0 Å². The Hall–Kier alpha value is -2.00. The molecular formula is C26H36O2S. The topological polar surface area (TPSA) is 34.1 Å². The molecule has 3 heteroatoms. The predicted octanol–water partition coefficient (Wildman–Crippen LogP) is 6.64. The highest BCUT2D eigenvalue weighted by Crippen LogP contribution is 2.36. The van der Waals surface area contributed by atoms with E-state index in [9.17, 15) is 9.00 Å². The zero-order chi connectivity index (χ0) is 21.6. The van der Waals surface area contributed by atoms with Gasteiger partial charge in [-0.05, 0) is 31.8 Å². The third kappa shape index (κ3) is 6.78. The van der Waals surface area contributed by atoms with Gasteiger partial charge in [-0.3, -0.25) is 4.21 Å². The van der Waals surface area contributed by atoms with Crippen LogP contribution in [-0.4, -0.2) is 16.2 Å². The molecule has 0 N–H and O–H groups in total. The first-order valence-electron chi connectivity index (χ1n) is 10.3. The van der Waals surface area contributed by atoms with Gasteiger partial charge in [-0.15, -0.1) is 0 Å². The number of hydrogen-bond donors (Lipinski definition) is 0. The van der Waals surface area contributed by atoms with Crippen LogP contribution in [0, 0.1) is 25.2 Å². The van der Waals surface area contributed by atoms with E-state index in [4.69, 9.17) is 0 Å². The quantitative estimate of drug-likeness (QED) is 0.508. The van der Waals surface area contributed by atoms with Crippen LogP contribution in [0.15, 0.2) is 70.2 Å². The van der Waals surface area contributed by atoms with Crippen molar-refractivity contribution in [2.45, 2.75) is 54.4 Å². The SMILES string of the molecule is CC1C(CC=O)=CC=C1S(=O)CC1=CC=C(C(C)(C)C)C1.Cc1ccc(C)cc1.[HH]. The third-order valence-corrected chi connectivity index (χ3v) is 7.11. The van der Waals surface area contributed by atoms with Gasteiger partial charge >= 0.3 is 0 Å². The number of benzene rings is 1. The van der Waals surface area contributed by atoms with E-state index in [0.29, 0.717) is 12.2 Å². The van der Waals surface area contributed by atoms with Gasteiger partial charge in [0.25, 0.3) is 0 Å². The van der Waals surface area contributed by atoms with Crippen LogP contribution in [0.3, 0.4) is 0 Å². The Morgan fingerprint density at radius 3 is 2.10 bits per heavy atom. The summed E-state index contributed by atoms with van der Waals surface area (Å²) in [5.41, 5.74) is 6.56. The van der Waals surface area contributed by atoms with E-state index < -0.39 is 10.8 Å². The largest absolute Gasteiger partial charge is 0.303 e. The molecule has 29 heavy (non-hydrogen) atoms.